The van der Waals surface area contributed by atoms with Gasteiger partial charge in [-0.25, -0.2) is 4.39 Å². The SMILES string of the molecule is Cc1cccc(OS(=O)(=O)C(F)(F)F)c1F. The molecular formula is C8H6F4O3S. The van der Waals surface area contributed by atoms with Gasteiger partial charge in [-0.15, -0.1) is 0 Å². The van der Waals surface area contributed by atoms with Crippen LogP contribution < -0.4 is 4.18 Å². The molecule has 0 saturated heterocycles. The molecule has 0 heterocycles. The van der Waals surface area contributed by atoms with E-state index in [1.165, 1.54) is 19.1 Å². The molecule has 0 unspecified atom stereocenters. The summed E-state index contributed by atoms with van der Waals surface area (Å²) in [5.74, 6) is -2.12. The van der Waals surface area contributed by atoms with E-state index in [4.69, 9.17) is 0 Å². The summed E-state index contributed by atoms with van der Waals surface area (Å²) in [6, 6.07) is 3.24. The fourth-order valence-corrected chi connectivity index (χ4v) is 1.31. The number of aryl methyl sites for hydroxylation is 1. The Morgan fingerprint density at radius 2 is 1.81 bits per heavy atom. The number of alkyl halides is 3. The van der Waals surface area contributed by atoms with Crippen LogP contribution in [0.4, 0.5) is 17.6 Å². The van der Waals surface area contributed by atoms with Gasteiger partial charge in [-0.2, -0.15) is 21.6 Å². The van der Waals surface area contributed by atoms with E-state index >= 15 is 0 Å². The van der Waals surface area contributed by atoms with Gasteiger partial charge in [0.15, 0.2) is 11.6 Å². The minimum absolute atomic E-state index is 0.0186. The Morgan fingerprint density at radius 1 is 1.25 bits per heavy atom. The van der Waals surface area contributed by atoms with Crippen LogP contribution >= 0.6 is 0 Å². The lowest BCUT2D eigenvalue weighted by atomic mass is 10.2. The van der Waals surface area contributed by atoms with Crippen molar-refractivity contribution in [2.75, 3.05) is 0 Å². The normalized spacial score (nSPS) is 12.6. The number of halogens is 4. The van der Waals surface area contributed by atoms with Crippen LogP contribution in [0.2, 0.25) is 0 Å². The zero-order valence-electron chi connectivity index (χ0n) is 7.88. The fraction of sp³-hybridized carbons (Fsp3) is 0.250. The number of benzene rings is 1. The Hall–Kier alpha value is -1.31. The summed E-state index contributed by atoms with van der Waals surface area (Å²) in [5.41, 5.74) is -5.60. The summed E-state index contributed by atoms with van der Waals surface area (Å²) in [7, 11) is -5.83. The molecule has 0 aromatic heterocycles. The van der Waals surface area contributed by atoms with Crippen molar-refractivity contribution in [2.24, 2.45) is 0 Å². The zero-order valence-corrected chi connectivity index (χ0v) is 8.69. The van der Waals surface area contributed by atoms with Gasteiger partial charge >= 0.3 is 15.6 Å². The summed E-state index contributed by atoms with van der Waals surface area (Å²) in [4.78, 5) is 0. The van der Waals surface area contributed by atoms with Crippen molar-refractivity contribution in [1.82, 2.24) is 0 Å². The second kappa shape index (κ2) is 3.93. The van der Waals surface area contributed by atoms with Crippen LogP contribution in [0.3, 0.4) is 0 Å². The third kappa shape index (κ3) is 2.43. The molecule has 0 aliphatic heterocycles. The molecule has 1 aromatic carbocycles. The average molecular weight is 258 g/mol. The zero-order chi connectivity index (χ0) is 12.6. The minimum Gasteiger partial charge on any atom is -0.373 e. The molecule has 0 N–H and O–H groups in total. The van der Waals surface area contributed by atoms with Crippen LogP contribution in [0.5, 0.6) is 5.75 Å². The molecule has 0 fully saturated rings. The predicted octanol–water partition coefficient (Wildman–Crippen LogP) is 2.36. The highest BCUT2D eigenvalue weighted by molar-refractivity contribution is 7.88. The van der Waals surface area contributed by atoms with Crippen LogP contribution in [-0.2, 0) is 10.1 Å². The van der Waals surface area contributed by atoms with E-state index in [9.17, 15) is 26.0 Å². The van der Waals surface area contributed by atoms with Gasteiger partial charge in [0.05, 0.1) is 0 Å². The minimum atomic E-state index is -5.83. The second-order valence-electron chi connectivity index (χ2n) is 2.87. The van der Waals surface area contributed by atoms with E-state index in [0.717, 1.165) is 6.07 Å². The molecule has 0 radical (unpaired) electrons. The highest BCUT2D eigenvalue weighted by Gasteiger charge is 2.48. The third-order valence-electron chi connectivity index (χ3n) is 1.64. The molecule has 0 amide bonds. The van der Waals surface area contributed by atoms with Crippen molar-refractivity contribution in [3.05, 3.63) is 29.6 Å². The quantitative estimate of drug-likeness (QED) is 0.464. The molecule has 0 atom stereocenters. The van der Waals surface area contributed by atoms with Crippen LogP contribution in [0, 0.1) is 12.7 Å². The molecule has 0 aliphatic rings. The monoisotopic (exact) mass is 258 g/mol. The lowest BCUT2D eigenvalue weighted by Gasteiger charge is -2.10. The Morgan fingerprint density at radius 3 is 2.31 bits per heavy atom. The summed E-state index contributed by atoms with van der Waals surface area (Å²) in [6.45, 7) is 1.27. The van der Waals surface area contributed by atoms with E-state index in [1.54, 1.807) is 0 Å². The highest BCUT2D eigenvalue weighted by Crippen LogP contribution is 2.29. The first kappa shape index (κ1) is 12.8. The number of rotatable bonds is 2. The lowest BCUT2D eigenvalue weighted by Crippen LogP contribution is -2.28. The van der Waals surface area contributed by atoms with Crippen molar-refractivity contribution in [3.63, 3.8) is 0 Å². The fourth-order valence-electron chi connectivity index (χ4n) is 0.850. The van der Waals surface area contributed by atoms with Gasteiger partial charge in [0, 0.05) is 0 Å². The van der Waals surface area contributed by atoms with Crippen LogP contribution in [0.25, 0.3) is 0 Å². The molecule has 0 saturated carbocycles. The van der Waals surface area contributed by atoms with Gasteiger partial charge in [0.2, 0.25) is 0 Å². The second-order valence-corrected chi connectivity index (χ2v) is 4.41. The van der Waals surface area contributed by atoms with Gasteiger partial charge in [0.1, 0.15) is 0 Å². The van der Waals surface area contributed by atoms with Gasteiger partial charge in [-0.3, -0.25) is 0 Å². The Balaban J connectivity index is 3.12. The standard InChI is InChI=1S/C8H6F4O3S/c1-5-3-2-4-6(7(5)9)15-16(13,14)8(10,11)12/h2-4H,1H3. The van der Waals surface area contributed by atoms with Crippen LogP contribution in [-0.4, -0.2) is 13.9 Å². The highest BCUT2D eigenvalue weighted by atomic mass is 32.2. The van der Waals surface area contributed by atoms with Crippen molar-refractivity contribution in [3.8, 4) is 5.75 Å². The number of hydrogen-bond donors (Lipinski definition) is 0. The summed E-state index contributed by atoms with van der Waals surface area (Å²) in [5, 5.41) is 0. The first-order chi connectivity index (χ1) is 7.15. The summed E-state index contributed by atoms with van der Waals surface area (Å²) < 4.78 is 73.7. The smallest absolute Gasteiger partial charge is 0.373 e. The summed E-state index contributed by atoms with van der Waals surface area (Å²) >= 11 is 0. The van der Waals surface area contributed by atoms with E-state index in [2.05, 4.69) is 4.18 Å². The molecule has 16 heavy (non-hydrogen) atoms. The largest absolute Gasteiger partial charge is 0.534 e. The number of hydrogen-bond acceptors (Lipinski definition) is 3. The van der Waals surface area contributed by atoms with Crippen molar-refractivity contribution in [1.29, 1.82) is 0 Å². The molecule has 0 aliphatic carbocycles. The average Bonchev–Trinajstić information content (AvgIpc) is 2.11. The first-order valence-electron chi connectivity index (χ1n) is 3.91. The predicted molar refractivity (Wildman–Crippen MR) is 46.7 cm³/mol. The van der Waals surface area contributed by atoms with E-state index in [0.29, 0.717) is 0 Å². The first-order valence-corrected chi connectivity index (χ1v) is 5.32. The van der Waals surface area contributed by atoms with Crippen molar-refractivity contribution >= 4 is 10.1 Å². The van der Waals surface area contributed by atoms with Crippen molar-refractivity contribution < 1.29 is 30.2 Å². The molecule has 0 bridgehead atoms. The van der Waals surface area contributed by atoms with E-state index < -0.39 is 27.2 Å². The van der Waals surface area contributed by atoms with Crippen LogP contribution in [0.1, 0.15) is 5.56 Å². The maximum atomic E-state index is 13.2. The Kier molecular flexibility index (Phi) is 3.13. The van der Waals surface area contributed by atoms with Crippen molar-refractivity contribution in [2.45, 2.75) is 12.4 Å². The Labute approximate surface area is 88.8 Å². The molecule has 90 valence electrons. The lowest BCUT2D eigenvalue weighted by molar-refractivity contribution is -0.0500. The molecule has 8 heteroatoms. The molecular weight excluding hydrogens is 252 g/mol. The summed E-state index contributed by atoms with van der Waals surface area (Å²) in [6.07, 6.45) is 0. The third-order valence-corrected chi connectivity index (χ3v) is 2.61. The maximum absolute atomic E-state index is 13.2. The van der Waals surface area contributed by atoms with Gasteiger partial charge in [-0.1, -0.05) is 12.1 Å². The van der Waals surface area contributed by atoms with Gasteiger partial charge in [0.25, 0.3) is 0 Å². The van der Waals surface area contributed by atoms with Gasteiger partial charge < -0.3 is 4.18 Å². The van der Waals surface area contributed by atoms with Crippen LogP contribution in [0.15, 0.2) is 18.2 Å². The van der Waals surface area contributed by atoms with E-state index in [-0.39, 0.29) is 5.56 Å². The molecule has 1 rings (SSSR count). The van der Waals surface area contributed by atoms with E-state index in [1.807, 2.05) is 0 Å². The Bertz CT molecular complexity index is 492. The molecule has 1 aromatic rings. The van der Waals surface area contributed by atoms with Gasteiger partial charge in [-0.05, 0) is 18.6 Å². The molecule has 3 nitrogen and oxygen atoms in total. The molecule has 0 spiro atoms. The topological polar surface area (TPSA) is 43.4 Å². The maximum Gasteiger partial charge on any atom is 0.534 e.